The molecule has 0 spiro atoms. The van der Waals surface area contributed by atoms with E-state index in [0.717, 1.165) is 4.90 Å². The summed E-state index contributed by atoms with van der Waals surface area (Å²) < 4.78 is 30.1. The van der Waals surface area contributed by atoms with Crippen molar-refractivity contribution in [2.24, 2.45) is 0 Å². The molecule has 0 fully saturated rings. The van der Waals surface area contributed by atoms with E-state index in [9.17, 15) is 18.0 Å². The van der Waals surface area contributed by atoms with Gasteiger partial charge in [0.2, 0.25) is 5.91 Å². The van der Waals surface area contributed by atoms with Gasteiger partial charge in [0.05, 0.1) is 12.2 Å². The fourth-order valence-electron chi connectivity index (χ4n) is 1.56. The molecule has 2 amide bonds. The topological polar surface area (TPSA) is 116 Å². The summed E-state index contributed by atoms with van der Waals surface area (Å²) in [5, 5.41) is 8.79. The Balaban J connectivity index is 3.23. The van der Waals surface area contributed by atoms with Crippen LogP contribution in [0.5, 0.6) is 0 Å². The van der Waals surface area contributed by atoms with Crippen LogP contribution < -0.4 is 0 Å². The third-order valence-corrected chi connectivity index (χ3v) is 2.98. The van der Waals surface area contributed by atoms with E-state index in [1.54, 1.807) is 13.0 Å². The predicted octanol–water partition coefficient (Wildman–Crippen LogP) is -0.527. The van der Waals surface area contributed by atoms with Crippen molar-refractivity contribution in [3.63, 3.8) is 0 Å². The number of carbonyl (C=O) groups excluding carboxylic acids is 2. The van der Waals surface area contributed by atoms with Crippen molar-refractivity contribution in [2.75, 3.05) is 12.3 Å². The van der Waals surface area contributed by atoms with E-state index in [4.69, 9.17) is 9.81 Å². The second-order valence-electron chi connectivity index (χ2n) is 3.44. The minimum Gasteiger partial charge on any atom is -0.285 e. The molecular weight excluding hydrogens is 248 g/mol. The zero-order valence-electron chi connectivity index (χ0n) is 9.00. The predicted molar refractivity (Wildman–Crippen MR) is 56.1 cm³/mol. The fourth-order valence-corrected chi connectivity index (χ4v) is 2.24. The average molecular weight is 258 g/mol. The summed E-state index contributed by atoms with van der Waals surface area (Å²) in [6, 6.07) is 1.57. The van der Waals surface area contributed by atoms with Crippen molar-refractivity contribution in [3.8, 4) is 6.07 Å². The van der Waals surface area contributed by atoms with Crippen LogP contribution in [-0.2, 0) is 19.7 Å². The van der Waals surface area contributed by atoms with E-state index in [1.165, 1.54) is 0 Å². The second-order valence-corrected chi connectivity index (χ2v) is 4.89. The van der Waals surface area contributed by atoms with E-state index in [1.807, 2.05) is 0 Å². The van der Waals surface area contributed by atoms with E-state index in [-0.39, 0.29) is 24.1 Å². The molecule has 0 saturated carbocycles. The highest BCUT2D eigenvalue weighted by atomic mass is 32.2. The monoisotopic (exact) mass is 258 g/mol. The van der Waals surface area contributed by atoms with Gasteiger partial charge < -0.3 is 0 Å². The Morgan fingerprint density at radius 2 is 2.06 bits per heavy atom. The van der Waals surface area contributed by atoms with Crippen LogP contribution >= 0.6 is 0 Å². The van der Waals surface area contributed by atoms with E-state index in [0.29, 0.717) is 0 Å². The van der Waals surface area contributed by atoms with Crippen LogP contribution in [0.3, 0.4) is 0 Å². The highest BCUT2D eigenvalue weighted by Gasteiger charge is 2.33. The number of nitriles is 1. The van der Waals surface area contributed by atoms with Gasteiger partial charge in [-0.3, -0.25) is 19.0 Å². The summed E-state index contributed by atoms with van der Waals surface area (Å²) in [5.74, 6) is -2.26. The Morgan fingerprint density at radius 1 is 1.47 bits per heavy atom. The van der Waals surface area contributed by atoms with Gasteiger partial charge in [0.15, 0.2) is 0 Å². The van der Waals surface area contributed by atoms with E-state index < -0.39 is 27.7 Å². The minimum absolute atomic E-state index is 0.113. The number of hydrogen-bond donors (Lipinski definition) is 1. The normalized spacial score (nSPS) is 17.4. The van der Waals surface area contributed by atoms with Crippen LogP contribution in [0, 0.1) is 11.3 Å². The summed E-state index contributed by atoms with van der Waals surface area (Å²) in [6.45, 7) is 1.68. The Hall–Kier alpha value is -1.72. The molecule has 8 heteroatoms. The molecule has 92 valence electrons. The maximum Gasteiger partial charge on any atom is 0.271 e. The molecule has 1 rings (SSSR count). The molecule has 0 unspecified atom stereocenters. The lowest BCUT2D eigenvalue weighted by Crippen LogP contribution is -2.42. The number of imide groups is 1. The minimum atomic E-state index is -4.37. The number of nitrogens with zero attached hydrogens (tertiary/aromatic N) is 2. The lowest BCUT2D eigenvalue weighted by Gasteiger charge is -2.24. The van der Waals surface area contributed by atoms with Gasteiger partial charge in [0.25, 0.3) is 16.0 Å². The molecule has 0 bridgehead atoms. The quantitative estimate of drug-likeness (QED) is 0.537. The summed E-state index contributed by atoms with van der Waals surface area (Å²) in [5.41, 5.74) is -0.543. The second kappa shape index (κ2) is 4.65. The highest BCUT2D eigenvalue weighted by molar-refractivity contribution is 7.86. The molecule has 17 heavy (non-hydrogen) atoms. The molecule has 7 nitrogen and oxygen atoms in total. The standard InChI is InChI=1S/C9H10N2O5S/c1-2-11-8(12)3-6(5-17(14,15)16)7(4-10)9(11)13/h2-3,5H2,1H3,(H,14,15,16). The molecule has 1 aliphatic heterocycles. The third kappa shape index (κ3) is 2.89. The first-order valence-electron chi connectivity index (χ1n) is 4.72. The third-order valence-electron chi connectivity index (χ3n) is 2.26. The van der Waals surface area contributed by atoms with Crippen molar-refractivity contribution < 1.29 is 22.6 Å². The first-order chi connectivity index (χ1) is 7.80. The average Bonchev–Trinajstić information content (AvgIpc) is 2.15. The zero-order chi connectivity index (χ0) is 13.2. The van der Waals surface area contributed by atoms with Gasteiger partial charge in [-0.1, -0.05) is 0 Å². The lowest BCUT2D eigenvalue weighted by atomic mass is 10.0. The molecule has 0 aromatic rings. The Morgan fingerprint density at radius 3 is 2.47 bits per heavy atom. The summed E-state index contributed by atoms with van der Waals surface area (Å²) in [4.78, 5) is 24.0. The molecule has 0 saturated heterocycles. The highest BCUT2D eigenvalue weighted by Crippen LogP contribution is 2.21. The molecule has 0 aromatic heterocycles. The van der Waals surface area contributed by atoms with Crippen LogP contribution in [-0.4, -0.2) is 42.0 Å². The maximum absolute atomic E-state index is 11.6. The van der Waals surface area contributed by atoms with E-state index >= 15 is 0 Å². The summed E-state index contributed by atoms with van der Waals surface area (Å²) in [6.07, 6.45) is -0.345. The molecule has 1 N–H and O–H groups in total. The van der Waals surface area contributed by atoms with Crippen molar-refractivity contribution >= 4 is 21.9 Å². The number of rotatable bonds is 3. The molecule has 0 aliphatic carbocycles. The molecule has 0 radical (unpaired) electrons. The van der Waals surface area contributed by atoms with Crippen LogP contribution in [0.25, 0.3) is 0 Å². The van der Waals surface area contributed by atoms with Crippen LogP contribution in [0.2, 0.25) is 0 Å². The lowest BCUT2D eigenvalue weighted by molar-refractivity contribution is -0.142. The molecule has 1 heterocycles. The first kappa shape index (κ1) is 13.3. The Kier molecular flexibility index (Phi) is 3.65. The van der Waals surface area contributed by atoms with Gasteiger partial charge in [0, 0.05) is 6.54 Å². The SMILES string of the molecule is CCN1C(=O)CC(CS(=O)(=O)O)=C(C#N)C1=O. The molecule has 0 aromatic carbocycles. The van der Waals surface area contributed by atoms with Crippen LogP contribution in [0.1, 0.15) is 13.3 Å². The molecule has 1 aliphatic rings. The Bertz CT molecular complexity index is 540. The Labute approximate surface area is 98.1 Å². The van der Waals surface area contributed by atoms with Crippen molar-refractivity contribution in [3.05, 3.63) is 11.1 Å². The number of amides is 2. The first-order valence-corrected chi connectivity index (χ1v) is 6.33. The van der Waals surface area contributed by atoms with Gasteiger partial charge >= 0.3 is 0 Å². The van der Waals surface area contributed by atoms with Gasteiger partial charge in [0.1, 0.15) is 11.6 Å². The van der Waals surface area contributed by atoms with Crippen LogP contribution in [0.4, 0.5) is 0 Å². The smallest absolute Gasteiger partial charge is 0.271 e. The van der Waals surface area contributed by atoms with E-state index in [2.05, 4.69) is 0 Å². The van der Waals surface area contributed by atoms with Crippen molar-refractivity contribution in [1.29, 1.82) is 5.26 Å². The van der Waals surface area contributed by atoms with Gasteiger partial charge in [-0.05, 0) is 12.5 Å². The van der Waals surface area contributed by atoms with Gasteiger partial charge in [-0.2, -0.15) is 13.7 Å². The number of hydrogen-bond acceptors (Lipinski definition) is 5. The van der Waals surface area contributed by atoms with Gasteiger partial charge in [-0.25, -0.2) is 0 Å². The number of likely N-dealkylation sites (N-methyl/N-ethyl adjacent to an activating group) is 1. The summed E-state index contributed by atoms with van der Waals surface area (Å²) in [7, 11) is -4.37. The van der Waals surface area contributed by atoms with Crippen LogP contribution in [0.15, 0.2) is 11.1 Å². The largest absolute Gasteiger partial charge is 0.285 e. The zero-order valence-corrected chi connectivity index (χ0v) is 9.82. The number of carbonyl (C=O) groups is 2. The van der Waals surface area contributed by atoms with Crippen molar-refractivity contribution in [1.82, 2.24) is 4.90 Å². The fraction of sp³-hybridized carbons (Fsp3) is 0.444. The molecular formula is C9H10N2O5S. The maximum atomic E-state index is 11.6. The molecule has 0 atom stereocenters. The summed E-state index contributed by atoms with van der Waals surface area (Å²) >= 11 is 0. The van der Waals surface area contributed by atoms with Crippen molar-refractivity contribution in [2.45, 2.75) is 13.3 Å². The van der Waals surface area contributed by atoms with Gasteiger partial charge in [-0.15, -0.1) is 0 Å².